The van der Waals surface area contributed by atoms with Crippen LogP contribution in [0.2, 0.25) is 0 Å². The Labute approximate surface area is 330 Å². The molecule has 1 aliphatic carbocycles. The Morgan fingerprint density at radius 1 is 1.07 bits per heavy atom. The first kappa shape index (κ1) is 41.2. The van der Waals surface area contributed by atoms with Crippen molar-refractivity contribution in [2.45, 2.75) is 127 Å². The number of carbonyl (C=O) groups is 4. The third kappa shape index (κ3) is 8.74. The summed E-state index contributed by atoms with van der Waals surface area (Å²) < 4.78 is 47.4. The summed E-state index contributed by atoms with van der Waals surface area (Å²) in [4.78, 5) is 59.2. The van der Waals surface area contributed by atoms with Crippen molar-refractivity contribution in [2.75, 3.05) is 23.4 Å². The van der Waals surface area contributed by atoms with E-state index in [4.69, 9.17) is 22.2 Å². The number of alkyl halides is 3. The van der Waals surface area contributed by atoms with Crippen LogP contribution in [0.4, 0.5) is 24.5 Å². The maximum atomic E-state index is 13.7. The number of likely N-dealkylation sites (tertiary alicyclic amines) is 1. The minimum Gasteiger partial charge on any atom is -0.378 e. The van der Waals surface area contributed by atoms with Crippen molar-refractivity contribution in [3.05, 3.63) is 53.3 Å². The first-order valence-corrected chi connectivity index (χ1v) is 19.6. The van der Waals surface area contributed by atoms with Gasteiger partial charge in [-0.05, 0) is 121 Å². The highest BCUT2D eigenvalue weighted by molar-refractivity contribution is 7.80. The second-order valence-electron chi connectivity index (χ2n) is 16.0. The number of carbonyl (C=O) groups excluding carboxylic acids is 4. The maximum absolute atomic E-state index is 13.7. The van der Waals surface area contributed by atoms with Crippen LogP contribution in [-0.4, -0.2) is 86.4 Å². The molecule has 0 spiro atoms. The number of piperidine rings is 2. The van der Waals surface area contributed by atoms with Gasteiger partial charge in [-0.3, -0.25) is 34.3 Å². The Morgan fingerprint density at radius 2 is 1.73 bits per heavy atom. The fourth-order valence-corrected chi connectivity index (χ4v) is 9.46. The Morgan fingerprint density at radius 3 is 2.34 bits per heavy atom. The largest absolute Gasteiger partial charge is 0.419 e. The number of amides is 4. The number of nitrogens with zero attached hydrogens (tertiary/aromatic N) is 5. The van der Waals surface area contributed by atoms with E-state index in [1.54, 1.807) is 26.0 Å². The minimum absolute atomic E-state index is 0.0473. The number of imide groups is 1. The molecule has 300 valence electrons. The van der Waals surface area contributed by atoms with Crippen molar-refractivity contribution in [3.63, 3.8) is 0 Å². The van der Waals surface area contributed by atoms with Crippen LogP contribution in [0, 0.1) is 17.2 Å². The van der Waals surface area contributed by atoms with Crippen LogP contribution in [0.15, 0.2) is 36.5 Å². The number of aromatic nitrogens is 1. The zero-order valence-corrected chi connectivity index (χ0v) is 32.8. The van der Waals surface area contributed by atoms with Gasteiger partial charge in [-0.25, -0.2) is 4.98 Å². The summed E-state index contributed by atoms with van der Waals surface area (Å²) in [7, 11) is 0. The summed E-state index contributed by atoms with van der Waals surface area (Å²) >= 11 is 5.71. The van der Waals surface area contributed by atoms with Gasteiger partial charge in [0.25, 0.3) is 5.91 Å². The van der Waals surface area contributed by atoms with Gasteiger partial charge >= 0.3 is 6.18 Å². The highest BCUT2D eigenvalue weighted by Crippen LogP contribution is 2.40. The number of benzene rings is 1. The van der Waals surface area contributed by atoms with Gasteiger partial charge in [0, 0.05) is 36.8 Å². The number of halogens is 3. The number of nitriles is 1. The van der Waals surface area contributed by atoms with Gasteiger partial charge in [-0.1, -0.05) is 12.1 Å². The molecule has 1 saturated carbocycles. The van der Waals surface area contributed by atoms with E-state index < -0.39 is 28.9 Å². The highest BCUT2D eigenvalue weighted by Gasteiger charge is 2.53. The molecule has 2 aromatic rings. The topological polar surface area (TPSA) is 148 Å². The molecule has 12 nitrogen and oxygen atoms in total. The average molecular weight is 796 g/mol. The third-order valence-corrected chi connectivity index (χ3v) is 12.2. The van der Waals surface area contributed by atoms with E-state index in [1.807, 2.05) is 17.0 Å². The molecule has 4 heterocycles. The third-order valence-electron chi connectivity index (χ3n) is 11.8. The molecule has 6 rings (SSSR count). The van der Waals surface area contributed by atoms with E-state index in [2.05, 4.69) is 34.4 Å². The standard InChI is InChI=1S/C40H48F3N7O5S/c1-23-17-25(18-24(2)48(23)22-35(52)46-27-7-5-26(6-8-27)31-13-14-34(51)47-36(31)53)15-16-55-30-11-9-28(10-12-30)50-38(56)49(37(54)39(50,3)4)29-19-32(40(41,42)43)33(20-44)45-21-29/h5-8,19,21,23-25,28,30-31H,9-18,22H2,1-4H3,(H,46,52)(H,47,51,53)/t23-,24+,25?,28?,30?,31?. The fraction of sp³-hybridized carbons (Fsp3) is 0.575. The predicted molar refractivity (Wildman–Crippen MR) is 205 cm³/mol. The molecule has 4 amide bonds. The quantitative estimate of drug-likeness (QED) is 0.215. The zero-order valence-electron chi connectivity index (χ0n) is 32.0. The van der Waals surface area contributed by atoms with Crippen LogP contribution in [0.1, 0.15) is 108 Å². The van der Waals surface area contributed by atoms with Gasteiger partial charge in [0.1, 0.15) is 11.6 Å². The average Bonchev–Trinajstić information content (AvgIpc) is 3.32. The van der Waals surface area contributed by atoms with Gasteiger partial charge in [0.2, 0.25) is 17.7 Å². The summed E-state index contributed by atoms with van der Waals surface area (Å²) in [6, 6.07) is 9.75. The van der Waals surface area contributed by atoms with E-state index in [9.17, 15) is 32.3 Å². The van der Waals surface area contributed by atoms with Crippen LogP contribution in [0.5, 0.6) is 0 Å². The highest BCUT2D eigenvalue weighted by atomic mass is 32.1. The molecule has 4 fully saturated rings. The van der Waals surface area contributed by atoms with Crippen molar-refractivity contribution in [2.24, 2.45) is 5.92 Å². The van der Waals surface area contributed by atoms with E-state index >= 15 is 0 Å². The van der Waals surface area contributed by atoms with Crippen LogP contribution in [0.3, 0.4) is 0 Å². The number of rotatable bonds is 10. The maximum Gasteiger partial charge on any atom is 0.419 e. The first-order chi connectivity index (χ1) is 26.5. The van der Waals surface area contributed by atoms with Crippen molar-refractivity contribution < 1.29 is 37.1 Å². The minimum atomic E-state index is -4.82. The normalized spacial score (nSPS) is 27.2. The van der Waals surface area contributed by atoms with Crippen LogP contribution in [-0.2, 0) is 30.1 Å². The van der Waals surface area contributed by atoms with E-state index in [1.165, 1.54) is 6.07 Å². The predicted octanol–water partition coefficient (Wildman–Crippen LogP) is 6.05. The van der Waals surface area contributed by atoms with Crippen LogP contribution >= 0.6 is 12.2 Å². The SMILES string of the molecule is C[C@@H]1CC(CCOC2CCC(N3C(=S)N(c4cnc(C#N)c(C(F)(F)F)c4)C(=O)C3(C)C)CC2)C[C@H](C)N1CC(=O)Nc1ccc(C2CCC(=O)NC2=O)cc1. The number of pyridine rings is 1. The number of anilines is 2. The van der Waals surface area contributed by atoms with Gasteiger partial charge in [0.15, 0.2) is 10.8 Å². The van der Waals surface area contributed by atoms with Crippen molar-refractivity contribution in [1.82, 2.24) is 20.1 Å². The number of hydrogen-bond donors (Lipinski definition) is 2. The molecular formula is C40H48F3N7O5S. The Bertz CT molecular complexity index is 1880. The Kier molecular flexibility index (Phi) is 12.2. The molecule has 4 atom stereocenters. The molecule has 2 N–H and O–H groups in total. The molecule has 1 aromatic heterocycles. The summed E-state index contributed by atoms with van der Waals surface area (Å²) in [5.41, 5.74) is -1.72. The van der Waals surface area contributed by atoms with Crippen molar-refractivity contribution in [3.8, 4) is 6.07 Å². The van der Waals surface area contributed by atoms with E-state index in [0.29, 0.717) is 43.9 Å². The molecule has 4 aliphatic rings. The number of nitrogens with one attached hydrogen (secondary N) is 2. The van der Waals surface area contributed by atoms with Crippen molar-refractivity contribution in [1.29, 1.82) is 5.26 Å². The monoisotopic (exact) mass is 795 g/mol. The molecule has 0 radical (unpaired) electrons. The summed E-state index contributed by atoms with van der Waals surface area (Å²) in [6.07, 6.45) is 2.79. The van der Waals surface area contributed by atoms with Crippen molar-refractivity contribution >= 4 is 52.3 Å². The summed E-state index contributed by atoms with van der Waals surface area (Å²) in [6.45, 7) is 8.62. The van der Waals surface area contributed by atoms with Crippen LogP contribution < -0.4 is 15.5 Å². The lowest BCUT2D eigenvalue weighted by molar-refractivity contribution is -0.138. The van der Waals surface area contributed by atoms with Gasteiger partial charge < -0.3 is 15.0 Å². The number of ether oxygens (including phenoxy) is 1. The molecule has 16 heteroatoms. The van der Waals surface area contributed by atoms with Gasteiger partial charge in [0.05, 0.1) is 36.0 Å². The second kappa shape index (κ2) is 16.6. The molecule has 3 saturated heterocycles. The summed E-state index contributed by atoms with van der Waals surface area (Å²) in [5, 5.41) is 14.6. The molecule has 0 bridgehead atoms. The van der Waals surface area contributed by atoms with E-state index in [0.717, 1.165) is 54.8 Å². The molecule has 3 aliphatic heterocycles. The van der Waals surface area contributed by atoms with Gasteiger partial charge in [-0.2, -0.15) is 18.4 Å². The molecule has 56 heavy (non-hydrogen) atoms. The second-order valence-corrected chi connectivity index (χ2v) is 16.4. The molecule has 1 aromatic carbocycles. The number of hydrogen-bond acceptors (Lipinski definition) is 9. The lowest BCUT2D eigenvalue weighted by Gasteiger charge is -2.42. The smallest absolute Gasteiger partial charge is 0.378 e. The Hall–Kier alpha value is -4.46. The fourth-order valence-electron chi connectivity index (χ4n) is 8.89. The van der Waals surface area contributed by atoms with Gasteiger partial charge in [-0.15, -0.1) is 0 Å². The number of thiocarbonyl (C=S) groups is 1. The Balaban J connectivity index is 0.942. The van der Waals surface area contributed by atoms with Crippen LogP contribution in [0.25, 0.3) is 0 Å². The first-order valence-electron chi connectivity index (χ1n) is 19.2. The summed E-state index contributed by atoms with van der Waals surface area (Å²) in [5.74, 6) is -1.03. The molecule has 2 unspecified atom stereocenters. The van der Waals surface area contributed by atoms with E-state index in [-0.39, 0.29) is 65.2 Å². The zero-order chi connectivity index (χ0) is 40.5. The lowest BCUT2D eigenvalue weighted by atomic mass is 9.85. The molecular weight excluding hydrogens is 748 g/mol. The lowest BCUT2D eigenvalue weighted by Crippen LogP contribution is -2.51.